The van der Waals surface area contributed by atoms with Crippen LogP contribution in [0.25, 0.3) is 0 Å². The third-order valence-corrected chi connectivity index (χ3v) is 5.33. The fraction of sp³-hybridized carbons (Fsp3) is 0.846. The molecule has 0 saturated heterocycles. The van der Waals surface area contributed by atoms with E-state index in [1.165, 1.54) is 19.3 Å². The lowest BCUT2D eigenvalue weighted by atomic mass is 10.2. The molecular formula is C13H28O3Si. The Morgan fingerprint density at radius 1 is 0.941 bits per heavy atom. The predicted molar refractivity (Wildman–Crippen MR) is 74.1 cm³/mol. The summed E-state index contributed by atoms with van der Waals surface area (Å²) in [5, 5.41) is 0. The van der Waals surface area contributed by atoms with Gasteiger partial charge < -0.3 is 13.3 Å². The Bertz CT molecular complexity index is 180. The molecule has 102 valence electrons. The summed E-state index contributed by atoms with van der Waals surface area (Å²) in [6.45, 7) is 11.9. The first kappa shape index (κ1) is 16.8. The second-order valence-corrected chi connectivity index (χ2v) is 6.59. The van der Waals surface area contributed by atoms with Crippen molar-refractivity contribution in [2.24, 2.45) is 0 Å². The normalized spacial score (nSPS) is 11.7. The number of hydrogen-bond donors (Lipinski definition) is 0. The fourth-order valence-electron chi connectivity index (χ4n) is 1.67. The van der Waals surface area contributed by atoms with E-state index in [4.69, 9.17) is 13.3 Å². The van der Waals surface area contributed by atoms with Crippen molar-refractivity contribution in [3.05, 3.63) is 12.7 Å². The molecule has 0 atom stereocenters. The van der Waals surface area contributed by atoms with Gasteiger partial charge in [0.25, 0.3) is 0 Å². The Kier molecular flexibility index (Phi) is 10.9. The van der Waals surface area contributed by atoms with E-state index in [9.17, 15) is 0 Å². The van der Waals surface area contributed by atoms with Crippen LogP contribution in [-0.2, 0) is 13.3 Å². The van der Waals surface area contributed by atoms with E-state index < -0.39 is 8.80 Å². The van der Waals surface area contributed by atoms with Crippen LogP contribution in [0.3, 0.4) is 0 Å². The van der Waals surface area contributed by atoms with Crippen LogP contribution in [0.4, 0.5) is 0 Å². The number of unbranched alkanes of at least 4 members (excludes halogenated alkanes) is 3. The Morgan fingerprint density at radius 3 is 2.06 bits per heavy atom. The highest BCUT2D eigenvalue weighted by molar-refractivity contribution is 6.61. The minimum absolute atomic E-state index is 0.634. The molecule has 0 aliphatic carbocycles. The Labute approximate surface area is 108 Å². The average molecular weight is 260 g/mol. The SMILES string of the molecule is C=CC[Si](OCC)(OCC)OCCCCCC. The molecule has 0 fully saturated rings. The quantitative estimate of drug-likeness (QED) is 0.304. The standard InChI is InChI=1S/C13H28O3Si/c1-5-9-10-11-12-16-17(13-6-2,14-7-3)15-8-4/h6H,2,5,7-13H2,1,3-4H3. The molecule has 0 N–H and O–H groups in total. The molecular weight excluding hydrogens is 232 g/mol. The molecule has 17 heavy (non-hydrogen) atoms. The van der Waals surface area contributed by atoms with Crippen molar-refractivity contribution >= 4 is 8.80 Å². The van der Waals surface area contributed by atoms with E-state index in [1.807, 2.05) is 19.9 Å². The molecule has 0 amide bonds. The van der Waals surface area contributed by atoms with Crippen molar-refractivity contribution in [3.8, 4) is 0 Å². The molecule has 0 heterocycles. The van der Waals surface area contributed by atoms with Gasteiger partial charge in [0.2, 0.25) is 0 Å². The van der Waals surface area contributed by atoms with Crippen molar-refractivity contribution in [1.29, 1.82) is 0 Å². The molecule has 0 aliphatic rings. The van der Waals surface area contributed by atoms with Gasteiger partial charge in [0.15, 0.2) is 0 Å². The van der Waals surface area contributed by atoms with Crippen LogP contribution in [0.5, 0.6) is 0 Å². The van der Waals surface area contributed by atoms with Crippen LogP contribution in [-0.4, -0.2) is 28.6 Å². The van der Waals surface area contributed by atoms with E-state index in [0.29, 0.717) is 19.3 Å². The number of rotatable bonds is 12. The maximum absolute atomic E-state index is 5.92. The van der Waals surface area contributed by atoms with Crippen molar-refractivity contribution < 1.29 is 13.3 Å². The fourth-order valence-corrected chi connectivity index (χ4v) is 3.97. The summed E-state index contributed by atoms with van der Waals surface area (Å²) in [7, 11) is -2.47. The van der Waals surface area contributed by atoms with E-state index in [-0.39, 0.29) is 0 Å². The van der Waals surface area contributed by atoms with Crippen LogP contribution in [0.2, 0.25) is 6.04 Å². The molecule has 0 radical (unpaired) electrons. The van der Waals surface area contributed by atoms with Crippen LogP contribution >= 0.6 is 0 Å². The van der Waals surface area contributed by atoms with E-state index in [1.54, 1.807) is 0 Å². The van der Waals surface area contributed by atoms with E-state index in [0.717, 1.165) is 13.0 Å². The molecule has 0 aromatic heterocycles. The average Bonchev–Trinajstić information content (AvgIpc) is 2.30. The lowest BCUT2D eigenvalue weighted by Crippen LogP contribution is -2.45. The Hall–Kier alpha value is -0.163. The van der Waals surface area contributed by atoms with Gasteiger partial charge in [-0.15, -0.1) is 6.58 Å². The third kappa shape index (κ3) is 7.71. The molecule has 0 unspecified atom stereocenters. The molecule has 4 heteroatoms. The van der Waals surface area contributed by atoms with Crippen molar-refractivity contribution in [2.75, 3.05) is 19.8 Å². The highest BCUT2D eigenvalue weighted by Gasteiger charge is 2.38. The Morgan fingerprint density at radius 2 is 1.59 bits per heavy atom. The minimum Gasteiger partial charge on any atom is -0.374 e. The summed E-state index contributed by atoms with van der Waals surface area (Å²) < 4.78 is 17.4. The predicted octanol–water partition coefficient (Wildman–Crippen LogP) is 3.78. The molecule has 0 rings (SSSR count). The molecule has 0 aliphatic heterocycles. The van der Waals surface area contributed by atoms with Crippen LogP contribution in [0.1, 0.15) is 46.5 Å². The van der Waals surface area contributed by atoms with Gasteiger partial charge in [-0.3, -0.25) is 0 Å². The maximum Gasteiger partial charge on any atom is 0.504 e. The van der Waals surface area contributed by atoms with Gasteiger partial charge in [0.1, 0.15) is 0 Å². The van der Waals surface area contributed by atoms with Gasteiger partial charge in [0.05, 0.1) is 0 Å². The first-order valence-electron chi connectivity index (χ1n) is 6.77. The Balaban J connectivity index is 4.09. The first-order valence-corrected chi connectivity index (χ1v) is 8.70. The van der Waals surface area contributed by atoms with Crippen molar-refractivity contribution in [1.82, 2.24) is 0 Å². The van der Waals surface area contributed by atoms with Gasteiger partial charge in [-0.2, -0.15) is 0 Å². The molecule has 0 aromatic rings. The summed E-state index contributed by atoms with van der Waals surface area (Å²) in [5.41, 5.74) is 0. The van der Waals surface area contributed by atoms with E-state index in [2.05, 4.69) is 13.5 Å². The third-order valence-electron chi connectivity index (χ3n) is 2.44. The van der Waals surface area contributed by atoms with E-state index >= 15 is 0 Å². The molecule has 0 spiro atoms. The van der Waals surface area contributed by atoms with Gasteiger partial charge in [0, 0.05) is 25.9 Å². The van der Waals surface area contributed by atoms with Crippen molar-refractivity contribution in [3.63, 3.8) is 0 Å². The zero-order valence-corrected chi connectivity index (χ0v) is 12.7. The molecule has 0 aromatic carbocycles. The lowest BCUT2D eigenvalue weighted by molar-refractivity contribution is 0.0685. The smallest absolute Gasteiger partial charge is 0.374 e. The summed E-state index contributed by atoms with van der Waals surface area (Å²) in [4.78, 5) is 0. The summed E-state index contributed by atoms with van der Waals surface area (Å²) in [5.74, 6) is 0. The summed E-state index contributed by atoms with van der Waals surface area (Å²) in [6, 6.07) is 0.697. The van der Waals surface area contributed by atoms with Crippen molar-refractivity contribution in [2.45, 2.75) is 52.5 Å². The molecule has 0 bridgehead atoms. The van der Waals surface area contributed by atoms with Gasteiger partial charge in [-0.25, -0.2) is 0 Å². The lowest BCUT2D eigenvalue weighted by Gasteiger charge is -2.27. The highest BCUT2D eigenvalue weighted by atomic mass is 28.4. The summed E-state index contributed by atoms with van der Waals surface area (Å²) in [6.07, 6.45) is 6.64. The van der Waals surface area contributed by atoms with Gasteiger partial charge in [-0.05, 0) is 20.3 Å². The second-order valence-electron chi connectivity index (χ2n) is 3.95. The number of hydrogen-bond acceptors (Lipinski definition) is 3. The van der Waals surface area contributed by atoms with Gasteiger partial charge in [-0.1, -0.05) is 32.3 Å². The van der Waals surface area contributed by atoms with Crippen LogP contribution in [0.15, 0.2) is 12.7 Å². The van der Waals surface area contributed by atoms with Crippen LogP contribution < -0.4 is 0 Å². The minimum atomic E-state index is -2.47. The first-order chi connectivity index (χ1) is 8.24. The largest absolute Gasteiger partial charge is 0.504 e. The summed E-state index contributed by atoms with van der Waals surface area (Å²) >= 11 is 0. The number of allylic oxidation sites excluding steroid dienone is 1. The van der Waals surface area contributed by atoms with Gasteiger partial charge >= 0.3 is 8.80 Å². The highest BCUT2D eigenvalue weighted by Crippen LogP contribution is 2.17. The topological polar surface area (TPSA) is 27.7 Å². The zero-order chi connectivity index (χ0) is 13.0. The molecule has 3 nitrogen and oxygen atoms in total. The van der Waals surface area contributed by atoms with Crippen LogP contribution in [0, 0.1) is 0 Å². The maximum atomic E-state index is 5.92. The molecule has 0 saturated carbocycles. The zero-order valence-electron chi connectivity index (χ0n) is 11.7. The monoisotopic (exact) mass is 260 g/mol. The second kappa shape index (κ2) is 11.0.